The van der Waals surface area contributed by atoms with Gasteiger partial charge in [-0.15, -0.1) is 0 Å². The van der Waals surface area contributed by atoms with Crippen LogP contribution >= 0.6 is 0 Å². The molecule has 128 valence electrons. The van der Waals surface area contributed by atoms with Crippen LogP contribution in [0.25, 0.3) is 0 Å². The Hall–Kier alpha value is -2.63. The molecule has 2 rings (SSSR count). The second kappa shape index (κ2) is 7.77. The number of nitrogens with one attached hydrogen (secondary N) is 2. The van der Waals surface area contributed by atoms with Crippen molar-refractivity contribution in [2.75, 3.05) is 5.32 Å². The molecule has 1 aliphatic rings. The summed E-state index contributed by atoms with van der Waals surface area (Å²) in [5.74, 6) is -3.03. The molecule has 0 heterocycles. The number of rotatable bonds is 5. The van der Waals surface area contributed by atoms with E-state index in [0.29, 0.717) is 24.1 Å². The summed E-state index contributed by atoms with van der Waals surface area (Å²) < 4.78 is 0. The van der Waals surface area contributed by atoms with Crippen LogP contribution in [-0.2, 0) is 9.59 Å². The van der Waals surface area contributed by atoms with Gasteiger partial charge in [-0.2, -0.15) is 0 Å². The summed E-state index contributed by atoms with van der Waals surface area (Å²) in [5, 5.41) is 14.8. The fourth-order valence-corrected chi connectivity index (χ4v) is 2.73. The molecule has 1 aromatic rings. The molecule has 0 saturated heterocycles. The van der Waals surface area contributed by atoms with Gasteiger partial charge in [0.05, 0.1) is 23.1 Å². The van der Waals surface area contributed by atoms with E-state index in [-0.39, 0.29) is 17.9 Å². The number of aliphatic carboxylic acids is 1. The van der Waals surface area contributed by atoms with Crippen molar-refractivity contribution in [1.29, 1.82) is 0 Å². The van der Waals surface area contributed by atoms with E-state index >= 15 is 0 Å². The largest absolute Gasteiger partial charge is 0.481 e. The van der Waals surface area contributed by atoms with Crippen molar-refractivity contribution in [1.82, 2.24) is 5.32 Å². The average molecular weight is 330 g/mol. The molecule has 2 amide bonds. The minimum absolute atomic E-state index is 0.0267. The molecule has 0 bridgehead atoms. The predicted octanol–water partition coefficient (Wildman–Crippen LogP) is 2.43. The van der Waals surface area contributed by atoms with Gasteiger partial charge >= 0.3 is 5.97 Å². The molecule has 1 aromatic carbocycles. The number of benzene rings is 1. The van der Waals surface area contributed by atoms with Crippen molar-refractivity contribution in [3.63, 3.8) is 0 Å². The molecule has 6 nitrogen and oxygen atoms in total. The smallest absolute Gasteiger partial charge is 0.307 e. The number of para-hydroxylation sites is 1. The fourth-order valence-electron chi connectivity index (χ4n) is 2.73. The summed E-state index contributed by atoms with van der Waals surface area (Å²) >= 11 is 0. The molecule has 0 unspecified atom stereocenters. The van der Waals surface area contributed by atoms with E-state index in [1.807, 2.05) is 19.9 Å². The first-order valence-corrected chi connectivity index (χ1v) is 7.98. The van der Waals surface area contributed by atoms with Gasteiger partial charge < -0.3 is 15.7 Å². The third kappa shape index (κ3) is 4.22. The summed E-state index contributed by atoms with van der Waals surface area (Å²) in [6, 6.07) is 6.68. The lowest BCUT2D eigenvalue weighted by molar-refractivity contribution is -0.146. The third-order valence-corrected chi connectivity index (χ3v) is 3.94. The van der Waals surface area contributed by atoms with Crippen molar-refractivity contribution < 1.29 is 19.5 Å². The summed E-state index contributed by atoms with van der Waals surface area (Å²) in [4.78, 5) is 36.1. The highest BCUT2D eigenvalue weighted by Gasteiger charge is 2.34. The number of carboxylic acid groups (broad SMARTS) is 1. The Bertz CT molecular complexity index is 667. The zero-order valence-corrected chi connectivity index (χ0v) is 13.8. The summed E-state index contributed by atoms with van der Waals surface area (Å²) in [5.41, 5.74) is 0.747. The van der Waals surface area contributed by atoms with Gasteiger partial charge in [0.2, 0.25) is 5.91 Å². The monoisotopic (exact) mass is 330 g/mol. The van der Waals surface area contributed by atoms with Gasteiger partial charge in [-0.1, -0.05) is 24.3 Å². The Morgan fingerprint density at radius 1 is 1.08 bits per heavy atom. The molecule has 3 N–H and O–H groups in total. The lowest BCUT2D eigenvalue weighted by atomic mass is 9.82. The van der Waals surface area contributed by atoms with E-state index in [1.165, 1.54) is 0 Å². The van der Waals surface area contributed by atoms with Gasteiger partial charge in [0.25, 0.3) is 5.91 Å². The Balaban J connectivity index is 2.18. The standard InChI is InChI=1S/C18H22N2O4/c1-11(2)19-17(22)14-9-5-6-10-15(14)20-16(21)12-7-3-4-8-13(12)18(23)24/h3-6,9-13H,7-8H2,1-2H3,(H,19,22)(H,20,21)(H,23,24)/t12-,13-/m0/s1. The minimum Gasteiger partial charge on any atom is -0.481 e. The molecule has 0 saturated carbocycles. The van der Waals surface area contributed by atoms with E-state index in [1.54, 1.807) is 30.3 Å². The van der Waals surface area contributed by atoms with Gasteiger partial charge in [-0.05, 0) is 38.8 Å². The van der Waals surface area contributed by atoms with Crippen LogP contribution in [0.3, 0.4) is 0 Å². The lowest BCUT2D eigenvalue weighted by Gasteiger charge is -2.24. The van der Waals surface area contributed by atoms with Crippen LogP contribution in [0.15, 0.2) is 36.4 Å². The van der Waals surface area contributed by atoms with Gasteiger partial charge in [0, 0.05) is 6.04 Å². The van der Waals surface area contributed by atoms with E-state index < -0.39 is 17.8 Å². The molecule has 0 aliphatic heterocycles. The lowest BCUT2D eigenvalue weighted by Crippen LogP contribution is -2.35. The van der Waals surface area contributed by atoms with Crippen LogP contribution in [-0.4, -0.2) is 28.9 Å². The summed E-state index contributed by atoms with van der Waals surface area (Å²) in [6.07, 6.45) is 4.32. The maximum absolute atomic E-state index is 12.5. The number of carbonyl (C=O) groups is 3. The highest BCUT2D eigenvalue weighted by Crippen LogP contribution is 2.28. The summed E-state index contributed by atoms with van der Waals surface area (Å²) in [7, 11) is 0. The highest BCUT2D eigenvalue weighted by atomic mass is 16.4. The molecule has 2 atom stereocenters. The van der Waals surface area contributed by atoms with E-state index in [2.05, 4.69) is 10.6 Å². The molecular formula is C18H22N2O4. The first-order valence-electron chi connectivity index (χ1n) is 7.98. The highest BCUT2D eigenvalue weighted by molar-refractivity contribution is 6.04. The Morgan fingerprint density at radius 3 is 2.33 bits per heavy atom. The molecule has 1 aliphatic carbocycles. The number of hydrogen-bond donors (Lipinski definition) is 3. The number of carbonyl (C=O) groups excluding carboxylic acids is 2. The van der Waals surface area contributed by atoms with Crippen LogP contribution in [0.1, 0.15) is 37.0 Å². The predicted molar refractivity (Wildman–Crippen MR) is 90.7 cm³/mol. The van der Waals surface area contributed by atoms with Crippen molar-refractivity contribution in [2.45, 2.75) is 32.7 Å². The SMILES string of the molecule is CC(C)NC(=O)c1ccccc1NC(=O)[C@H]1CC=CC[C@@H]1C(=O)O. The average Bonchev–Trinajstić information content (AvgIpc) is 2.54. The van der Waals surface area contributed by atoms with Crippen molar-refractivity contribution in [3.05, 3.63) is 42.0 Å². The summed E-state index contributed by atoms with van der Waals surface area (Å²) in [6.45, 7) is 3.70. The molecule has 0 spiro atoms. The number of anilines is 1. The topological polar surface area (TPSA) is 95.5 Å². The van der Waals surface area contributed by atoms with Crippen LogP contribution < -0.4 is 10.6 Å². The Kier molecular flexibility index (Phi) is 5.73. The van der Waals surface area contributed by atoms with Gasteiger partial charge in [0.15, 0.2) is 0 Å². The van der Waals surface area contributed by atoms with Crippen LogP contribution in [0, 0.1) is 11.8 Å². The Morgan fingerprint density at radius 2 is 1.71 bits per heavy atom. The van der Waals surface area contributed by atoms with Gasteiger partial charge in [0.1, 0.15) is 0 Å². The fraction of sp³-hybridized carbons (Fsp3) is 0.389. The molecule has 24 heavy (non-hydrogen) atoms. The zero-order chi connectivity index (χ0) is 17.7. The first kappa shape index (κ1) is 17.7. The molecule has 6 heteroatoms. The van der Waals surface area contributed by atoms with Gasteiger partial charge in [-0.25, -0.2) is 0 Å². The van der Waals surface area contributed by atoms with Gasteiger partial charge in [-0.3, -0.25) is 14.4 Å². The third-order valence-electron chi connectivity index (χ3n) is 3.94. The van der Waals surface area contributed by atoms with Crippen LogP contribution in [0.4, 0.5) is 5.69 Å². The van der Waals surface area contributed by atoms with Crippen molar-refractivity contribution in [2.24, 2.45) is 11.8 Å². The molecule has 0 aromatic heterocycles. The maximum atomic E-state index is 12.5. The molecule has 0 fully saturated rings. The second-order valence-corrected chi connectivity index (χ2v) is 6.16. The van der Waals surface area contributed by atoms with Crippen molar-refractivity contribution in [3.8, 4) is 0 Å². The van der Waals surface area contributed by atoms with Crippen LogP contribution in [0.2, 0.25) is 0 Å². The number of allylic oxidation sites excluding steroid dienone is 2. The second-order valence-electron chi connectivity index (χ2n) is 6.16. The first-order chi connectivity index (χ1) is 11.4. The number of hydrogen-bond acceptors (Lipinski definition) is 3. The van der Waals surface area contributed by atoms with E-state index in [0.717, 1.165) is 0 Å². The molecule has 0 radical (unpaired) electrons. The minimum atomic E-state index is -0.981. The molecular weight excluding hydrogens is 308 g/mol. The van der Waals surface area contributed by atoms with E-state index in [9.17, 15) is 19.5 Å². The van der Waals surface area contributed by atoms with E-state index in [4.69, 9.17) is 0 Å². The number of amides is 2. The quantitative estimate of drug-likeness (QED) is 0.723. The van der Waals surface area contributed by atoms with Crippen molar-refractivity contribution >= 4 is 23.5 Å². The normalized spacial score (nSPS) is 19.8. The zero-order valence-electron chi connectivity index (χ0n) is 13.8. The number of carboxylic acids is 1. The Labute approximate surface area is 140 Å². The van der Waals surface area contributed by atoms with Crippen LogP contribution in [0.5, 0.6) is 0 Å². The maximum Gasteiger partial charge on any atom is 0.307 e.